The minimum Gasteiger partial charge on any atom is -0.423 e. The Hall–Kier alpha value is -3.36. The third-order valence-electron chi connectivity index (χ3n) is 5.29. The van der Waals surface area contributed by atoms with Crippen LogP contribution in [0.25, 0.3) is 0 Å². The molecule has 3 amide bonds. The second kappa shape index (κ2) is 14.4. The van der Waals surface area contributed by atoms with E-state index < -0.39 is 50.1 Å². The number of hydrogen-bond acceptors (Lipinski definition) is 8. The number of unbranched alkanes of at least 4 members (excludes halogenated alkanes) is 2. The second-order valence-corrected chi connectivity index (χ2v) is 8.00. The van der Waals surface area contributed by atoms with Crippen molar-refractivity contribution in [3.8, 4) is 0 Å². The number of halogens is 2. The van der Waals surface area contributed by atoms with Crippen LogP contribution in [-0.2, 0) is 9.63 Å². The van der Waals surface area contributed by atoms with Gasteiger partial charge in [-0.3, -0.25) is 19.2 Å². The number of nitrogens with zero attached hydrogens (tertiary/aromatic N) is 1. The molecule has 0 aromatic heterocycles. The lowest BCUT2D eigenvalue weighted by molar-refractivity contribution is -0.132. The first-order valence-electron chi connectivity index (χ1n) is 11.3. The molecule has 6 N–H and O–H groups in total. The topological polar surface area (TPSA) is 169 Å². The van der Waals surface area contributed by atoms with Gasteiger partial charge in [0.1, 0.15) is 18.2 Å². The number of benzene rings is 2. The Morgan fingerprint density at radius 1 is 0.892 bits per heavy atom. The third-order valence-corrected chi connectivity index (χ3v) is 5.29. The van der Waals surface area contributed by atoms with Crippen molar-refractivity contribution >= 4 is 42.9 Å². The zero-order valence-corrected chi connectivity index (χ0v) is 20.0. The summed E-state index contributed by atoms with van der Waals surface area (Å²) in [6, 6.07) is 6.30. The van der Waals surface area contributed by atoms with E-state index in [2.05, 4.69) is 15.6 Å². The van der Waals surface area contributed by atoms with Crippen LogP contribution in [0.4, 0.5) is 8.78 Å². The first-order valence-corrected chi connectivity index (χ1v) is 11.3. The lowest BCUT2D eigenvalue weighted by atomic mass is 9.80. The molecule has 0 fully saturated rings. The molecule has 0 atom stereocenters. The van der Waals surface area contributed by atoms with Crippen LogP contribution in [0.15, 0.2) is 36.4 Å². The Bertz CT molecular complexity index is 1110. The first kappa shape index (κ1) is 29.9. The third kappa shape index (κ3) is 8.91. The highest BCUT2D eigenvalue weighted by Gasteiger charge is 2.23. The average Bonchev–Trinajstić information content (AvgIpc) is 2.84. The largest absolute Gasteiger partial charge is 0.488 e. The van der Waals surface area contributed by atoms with Crippen molar-refractivity contribution in [3.63, 3.8) is 0 Å². The highest BCUT2D eigenvalue weighted by molar-refractivity contribution is 6.59. The van der Waals surface area contributed by atoms with Crippen molar-refractivity contribution in [1.29, 1.82) is 0 Å². The van der Waals surface area contributed by atoms with Gasteiger partial charge in [-0.1, -0.05) is 12.1 Å². The molecular formula is C22H27B2F2N3O8. The normalized spacial score (nSPS) is 10.6. The van der Waals surface area contributed by atoms with Crippen LogP contribution in [0.2, 0.25) is 0 Å². The molecule has 0 radical (unpaired) electrons. The van der Waals surface area contributed by atoms with Crippen LogP contribution in [0.5, 0.6) is 0 Å². The number of carbonyl (C=O) groups excluding carboxylic acids is 3. The molecule has 0 saturated heterocycles. The maximum absolute atomic E-state index is 14.4. The highest BCUT2D eigenvalue weighted by Crippen LogP contribution is 2.11. The fraction of sp³-hybridized carbons (Fsp3) is 0.318. The van der Waals surface area contributed by atoms with Crippen LogP contribution >= 0.6 is 0 Å². The predicted octanol–water partition coefficient (Wildman–Crippen LogP) is -1.96. The molecule has 37 heavy (non-hydrogen) atoms. The van der Waals surface area contributed by atoms with Crippen molar-refractivity contribution in [2.75, 3.05) is 26.7 Å². The molecule has 0 aliphatic carbocycles. The quantitative estimate of drug-likeness (QED) is 0.100. The van der Waals surface area contributed by atoms with Gasteiger partial charge in [-0.05, 0) is 54.5 Å². The van der Waals surface area contributed by atoms with Crippen molar-refractivity contribution in [2.45, 2.75) is 19.3 Å². The Kier molecular flexibility index (Phi) is 11.6. The molecule has 15 heteroatoms. The summed E-state index contributed by atoms with van der Waals surface area (Å²) in [6.07, 6.45) is 1.32. The summed E-state index contributed by atoms with van der Waals surface area (Å²) in [4.78, 5) is 42.6. The molecule has 2 aromatic carbocycles. The molecule has 0 aliphatic heterocycles. The Balaban J connectivity index is 1.91. The minimum atomic E-state index is -1.91. The summed E-state index contributed by atoms with van der Waals surface area (Å²) < 4.78 is 28.4. The van der Waals surface area contributed by atoms with Gasteiger partial charge in [0.05, 0.1) is 18.2 Å². The van der Waals surface area contributed by atoms with E-state index >= 15 is 0 Å². The Labute approximate surface area is 212 Å². The zero-order chi connectivity index (χ0) is 27.5. The van der Waals surface area contributed by atoms with Crippen LogP contribution in [0.1, 0.15) is 40.0 Å². The predicted molar refractivity (Wildman–Crippen MR) is 130 cm³/mol. The molecule has 2 aromatic rings. The maximum Gasteiger partial charge on any atom is 0.488 e. The second-order valence-electron chi connectivity index (χ2n) is 8.00. The lowest BCUT2D eigenvalue weighted by Gasteiger charge is -2.22. The number of amides is 3. The lowest BCUT2D eigenvalue weighted by Crippen LogP contribution is -2.41. The van der Waals surface area contributed by atoms with Gasteiger partial charge in [-0.25, -0.2) is 14.3 Å². The van der Waals surface area contributed by atoms with Crippen molar-refractivity contribution in [1.82, 2.24) is 15.7 Å². The molecule has 0 heterocycles. The van der Waals surface area contributed by atoms with Crippen molar-refractivity contribution in [2.24, 2.45) is 0 Å². The summed E-state index contributed by atoms with van der Waals surface area (Å²) in [5.74, 6) is -4.00. The number of hydroxylamine groups is 1. The first-order chi connectivity index (χ1) is 17.5. The van der Waals surface area contributed by atoms with E-state index in [0.29, 0.717) is 19.3 Å². The molecule has 198 valence electrons. The van der Waals surface area contributed by atoms with E-state index in [1.165, 1.54) is 19.2 Å². The van der Waals surface area contributed by atoms with Crippen molar-refractivity contribution < 1.29 is 48.1 Å². The summed E-state index contributed by atoms with van der Waals surface area (Å²) >= 11 is 0. The summed E-state index contributed by atoms with van der Waals surface area (Å²) in [7, 11) is -2.55. The average molecular weight is 521 g/mol. The van der Waals surface area contributed by atoms with Gasteiger partial charge in [0, 0.05) is 13.1 Å². The van der Waals surface area contributed by atoms with Gasteiger partial charge in [0.25, 0.3) is 17.7 Å². The SMILES string of the molecule is CONC(=O)CN(CCCCCNC(=O)c1ccc(B(O)O)cc1F)C(=O)c1ccc(B(O)O)cc1F. The van der Waals surface area contributed by atoms with E-state index in [-0.39, 0.29) is 35.1 Å². The molecule has 0 saturated carbocycles. The van der Waals surface area contributed by atoms with Gasteiger partial charge in [-0.2, -0.15) is 0 Å². The molecule has 0 bridgehead atoms. The molecule has 0 unspecified atom stereocenters. The standard InChI is InChI=1S/C22H27B2F2N3O8/c1-37-28-20(30)13-29(22(32)17-8-6-15(24(35)36)12-19(17)26)10-4-2-3-9-27-21(31)16-7-5-14(23(33)34)11-18(16)25/h5-8,11-12,33-36H,2-4,9-10,13H2,1H3,(H,27,31)(H,28,30). The minimum absolute atomic E-state index is 0.0628. The van der Waals surface area contributed by atoms with E-state index in [0.717, 1.165) is 29.2 Å². The molecule has 0 spiro atoms. The van der Waals surface area contributed by atoms with Crippen LogP contribution in [0.3, 0.4) is 0 Å². The molecular weight excluding hydrogens is 494 g/mol. The Morgan fingerprint density at radius 3 is 1.97 bits per heavy atom. The van der Waals surface area contributed by atoms with E-state index in [4.69, 9.17) is 20.1 Å². The maximum atomic E-state index is 14.4. The van der Waals surface area contributed by atoms with Gasteiger partial charge in [0.15, 0.2) is 0 Å². The zero-order valence-electron chi connectivity index (χ0n) is 20.0. The smallest absolute Gasteiger partial charge is 0.423 e. The number of hydrogen-bond donors (Lipinski definition) is 6. The fourth-order valence-electron chi connectivity index (χ4n) is 3.39. The number of nitrogens with one attached hydrogen (secondary N) is 2. The van der Waals surface area contributed by atoms with Crippen LogP contribution in [-0.4, -0.2) is 83.7 Å². The number of carbonyl (C=O) groups is 3. The van der Waals surface area contributed by atoms with Crippen LogP contribution in [0, 0.1) is 11.6 Å². The summed E-state index contributed by atoms with van der Waals surface area (Å²) in [5.41, 5.74) is 1.23. The highest BCUT2D eigenvalue weighted by atomic mass is 19.1. The fourth-order valence-corrected chi connectivity index (χ4v) is 3.39. The van der Waals surface area contributed by atoms with E-state index in [1.807, 2.05) is 0 Å². The van der Waals surface area contributed by atoms with E-state index in [1.54, 1.807) is 0 Å². The Morgan fingerprint density at radius 2 is 1.46 bits per heavy atom. The van der Waals surface area contributed by atoms with E-state index in [9.17, 15) is 23.2 Å². The molecule has 11 nitrogen and oxygen atoms in total. The molecule has 0 aliphatic rings. The van der Waals surface area contributed by atoms with Gasteiger partial charge in [-0.15, -0.1) is 0 Å². The van der Waals surface area contributed by atoms with Gasteiger partial charge < -0.3 is 30.3 Å². The summed E-state index contributed by atoms with van der Waals surface area (Å²) in [5, 5.41) is 39.0. The van der Waals surface area contributed by atoms with Gasteiger partial charge in [0.2, 0.25) is 0 Å². The summed E-state index contributed by atoms with van der Waals surface area (Å²) in [6.45, 7) is -0.182. The van der Waals surface area contributed by atoms with Gasteiger partial charge >= 0.3 is 14.2 Å². The van der Waals surface area contributed by atoms with Crippen LogP contribution < -0.4 is 21.7 Å². The van der Waals surface area contributed by atoms with Crippen molar-refractivity contribution in [3.05, 3.63) is 59.2 Å². The molecule has 2 rings (SSSR count). The monoisotopic (exact) mass is 521 g/mol. The number of rotatable bonds is 13.